The monoisotopic (exact) mass is 327 g/mol. The zero-order chi connectivity index (χ0) is 17.4. The minimum atomic E-state index is -0.174. The Balaban J connectivity index is 2.03. The van der Waals surface area contributed by atoms with Gasteiger partial charge in [-0.1, -0.05) is 30.3 Å². The van der Waals surface area contributed by atoms with Gasteiger partial charge in [-0.15, -0.1) is 0 Å². The lowest BCUT2D eigenvalue weighted by molar-refractivity contribution is -0.116. The molecule has 2 rings (SSSR count). The Labute approximate surface area is 141 Å². The number of ether oxygens (including phenoxy) is 3. The molecule has 0 aromatic heterocycles. The van der Waals surface area contributed by atoms with Crippen molar-refractivity contribution in [1.82, 2.24) is 5.32 Å². The predicted molar refractivity (Wildman–Crippen MR) is 93.4 cm³/mol. The number of methoxy groups -OCH3 is 3. The minimum Gasteiger partial charge on any atom is -0.493 e. The van der Waals surface area contributed by atoms with Gasteiger partial charge < -0.3 is 19.5 Å². The zero-order valence-corrected chi connectivity index (χ0v) is 14.0. The average molecular weight is 327 g/mol. The van der Waals surface area contributed by atoms with E-state index in [4.69, 9.17) is 14.2 Å². The largest absolute Gasteiger partial charge is 0.493 e. The average Bonchev–Trinajstić information content (AvgIpc) is 2.64. The van der Waals surface area contributed by atoms with Crippen LogP contribution in [0.5, 0.6) is 17.2 Å². The van der Waals surface area contributed by atoms with E-state index in [1.807, 2.05) is 42.5 Å². The summed E-state index contributed by atoms with van der Waals surface area (Å²) in [7, 11) is 4.67. The van der Waals surface area contributed by atoms with Crippen LogP contribution in [0.15, 0.2) is 48.5 Å². The molecule has 0 radical (unpaired) electrons. The molecule has 5 nitrogen and oxygen atoms in total. The molecular formula is C19H21NO4. The summed E-state index contributed by atoms with van der Waals surface area (Å²) in [5.74, 6) is 1.47. The van der Waals surface area contributed by atoms with Gasteiger partial charge in [0.15, 0.2) is 11.5 Å². The SMILES string of the molecule is COc1cc(CNC(=O)/C=C/c2ccccc2)cc(OC)c1OC. The number of carbonyl (C=O) groups excluding carboxylic acids is 1. The van der Waals surface area contributed by atoms with Crippen LogP contribution >= 0.6 is 0 Å². The molecule has 0 atom stereocenters. The molecule has 0 saturated heterocycles. The molecule has 5 heteroatoms. The van der Waals surface area contributed by atoms with Gasteiger partial charge in [0, 0.05) is 12.6 Å². The van der Waals surface area contributed by atoms with E-state index in [0.29, 0.717) is 23.8 Å². The fourth-order valence-electron chi connectivity index (χ4n) is 2.22. The molecule has 0 heterocycles. The third-order valence-electron chi connectivity index (χ3n) is 3.42. The van der Waals surface area contributed by atoms with Gasteiger partial charge in [0.2, 0.25) is 11.7 Å². The number of nitrogens with one attached hydrogen (secondary N) is 1. The van der Waals surface area contributed by atoms with Crippen LogP contribution in [0.3, 0.4) is 0 Å². The molecule has 0 aliphatic heterocycles. The highest BCUT2D eigenvalue weighted by atomic mass is 16.5. The van der Waals surface area contributed by atoms with Crippen molar-refractivity contribution in [3.8, 4) is 17.2 Å². The molecule has 126 valence electrons. The predicted octanol–water partition coefficient (Wildman–Crippen LogP) is 3.04. The Morgan fingerprint density at radius 1 is 1.00 bits per heavy atom. The van der Waals surface area contributed by atoms with Crippen molar-refractivity contribution in [1.29, 1.82) is 0 Å². The normalized spacial score (nSPS) is 10.5. The lowest BCUT2D eigenvalue weighted by Gasteiger charge is -2.14. The van der Waals surface area contributed by atoms with Crippen LogP contribution in [-0.4, -0.2) is 27.2 Å². The van der Waals surface area contributed by atoms with Gasteiger partial charge in [0.1, 0.15) is 0 Å². The minimum absolute atomic E-state index is 0.174. The summed E-state index contributed by atoms with van der Waals surface area (Å²) in [5, 5.41) is 2.83. The van der Waals surface area contributed by atoms with Crippen molar-refractivity contribution in [3.05, 3.63) is 59.7 Å². The first-order valence-corrected chi connectivity index (χ1v) is 7.47. The topological polar surface area (TPSA) is 56.8 Å². The maximum Gasteiger partial charge on any atom is 0.244 e. The molecule has 1 amide bonds. The number of hydrogen-bond donors (Lipinski definition) is 1. The maximum absolute atomic E-state index is 11.9. The Morgan fingerprint density at radius 3 is 2.17 bits per heavy atom. The van der Waals surface area contributed by atoms with Gasteiger partial charge in [-0.3, -0.25) is 4.79 Å². The van der Waals surface area contributed by atoms with Crippen LogP contribution in [0, 0.1) is 0 Å². The molecule has 0 bridgehead atoms. The summed E-state index contributed by atoms with van der Waals surface area (Å²) in [6.45, 7) is 0.356. The molecule has 1 N–H and O–H groups in total. The molecule has 0 fully saturated rings. The summed E-state index contributed by atoms with van der Waals surface area (Å²) in [4.78, 5) is 11.9. The Bertz CT molecular complexity index is 686. The van der Waals surface area contributed by atoms with E-state index in [1.54, 1.807) is 27.4 Å². The second kappa shape index (κ2) is 8.62. The zero-order valence-electron chi connectivity index (χ0n) is 14.0. The third kappa shape index (κ3) is 4.52. The quantitative estimate of drug-likeness (QED) is 0.794. The van der Waals surface area contributed by atoms with Crippen molar-refractivity contribution >= 4 is 12.0 Å². The summed E-state index contributed by atoms with van der Waals surface area (Å²) in [6.07, 6.45) is 3.28. The highest BCUT2D eigenvalue weighted by Crippen LogP contribution is 2.38. The van der Waals surface area contributed by atoms with E-state index in [9.17, 15) is 4.79 Å². The van der Waals surface area contributed by atoms with Gasteiger partial charge in [0.05, 0.1) is 21.3 Å². The summed E-state index contributed by atoms with van der Waals surface area (Å²) >= 11 is 0. The number of carbonyl (C=O) groups is 1. The van der Waals surface area contributed by atoms with E-state index < -0.39 is 0 Å². The van der Waals surface area contributed by atoms with Crippen LogP contribution in [0.25, 0.3) is 6.08 Å². The first kappa shape index (κ1) is 17.4. The van der Waals surface area contributed by atoms with E-state index in [1.165, 1.54) is 6.08 Å². The van der Waals surface area contributed by atoms with E-state index >= 15 is 0 Å². The molecule has 2 aromatic carbocycles. The van der Waals surface area contributed by atoms with Crippen LogP contribution in [0.1, 0.15) is 11.1 Å². The second-order valence-corrected chi connectivity index (χ2v) is 5.00. The van der Waals surface area contributed by atoms with Crippen molar-refractivity contribution in [2.45, 2.75) is 6.54 Å². The van der Waals surface area contributed by atoms with Crippen molar-refractivity contribution < 1.29 is 19.0 Å². The Hall–Kier alpha value is -2.95. The fraction of sp³-hybridized carbons (Fsp3) is 0.211. The summed E-state index contributed by atoms with van der Waals surface area (Å²) < 4.78 is 15.9. The Kier molecular flexibility index (Phi) is 6.25. The second-order valence-electron chi connectivity index (χ2n) is 5.00. The standard InChI is InChI=1S/C19H21NO4/c1-22-16-11-15(12-17(23-2)19(16)24-3)13-20-18(21)10-9-14-7-5-4-6-8-14/h4-12H,13H2,1-3H3,(H,20,21)/b10-9+. The highest BCUT2D eigenvalue weighted by Gasteiger charge is 2.13. The van der Waals surface area contributed by atoms with Crippen LogP contribution in [0.4, 0.5) is 0 Å². The number of benzene rings is 2. The van der Waals surface area contributed by atoms with Gasteiger partial charge >= 0.3 is 0 Å². The number of amides is 1. The van der Waals surface area contributed by atoms with E-state index in [0.717, 1.165) is 11.1 Å². The van der Waals surface area contributed by atoms with Crippen molar-refractivity contribution in [3.63, 3.8) is 0 Å². The fourth-order valence-corrected chi connectivity index (χ4v) is 2.22. The van der Waals surface area contributed by atoms with Crippen molar-refractivity contribution in [2.24, 2.45) is 0 Å². The first-order chi connectivity index (χ1) is 11.7. The lowest BCUT2D eigenvalue weighted by Crippen LogP contribution is -2.20. The molecule has 0 aliphatic carbocycles. The number of rotatable bonds is 7. The van der Waals surface area contributed by atoms with Gasteiger partial charge in [-0.05, 0) is 29.3 Å². The lowest BCUT2D eigenvalue weighted by atomic mass is 10.1. The Morgan fingerprint density at radius 2 is 1.62 bits per heavy atom. The number of hydrogen-bond acceptors (Lipinski definition) is 4. The smallest absolute Gasteiger partial charge is 0.244 e. The van der Waals surface area contributed by atoms with E-state index in [-0.39, 0.29) is 5.91 Å². The molecule has 0 spiro atoms. The molecule has 0 aliphatic rings. The van der Waals surface area contributed by atoms with Gasteiger partial charge in [-0.2, -0.15) is 0 Å². The molecule has 2 aromatic rings. The third-order valence-corrected chi connectivity index (χ3v) is 3.42. The van der Waals surface area contributed by atoms with Gasteiger partial charge in [-0.25, -0.2) is 0 Å². The molecule has 24 heavy (non-hydrogen) atoms. The molecule has 0 unspecified atom stereocenters. The highest BCUT2D eigenvalue weighted by molar-refractivity contribution is 5.91. The van der Waals surface area contributed by atoms with Crippen LogP contribution < -0.4 is 19.5 Å². The maximum atomic E-state index is 11.9. The molecule has 0 saturated carbocycles. The van der Waals surface area contributed by atoms with Gasteiger partial charge in [0.25, 0.3) is 0 Å². The summed E-state index contributed by atoms with van der Waals surface area (Å²) in [5.41, 5.74) is 1.83. The summed E-state index contributed by atoms with van der Waals surface area (Å²) in [6, 6.07) is 13.3. The van der Waals surface area contributed by atoms with Crippen LogP contribution in [0.2, 0.25) is 0 Å². The molecular weight excluding hydrogens is 306 g/mol. The first-order valence-electron chi connectivity index (χ1n) is 7.47. The van der Waals surface area contributed by atoms with Crippen LogP contribution in [-0.2, 0) is 11.3 Å². The van der Waals surface area contributed by atoms with Crippen molar-refractivity contribution in [2.75, 3.05) is 21.3 Å². The van der Waals surface area contributed by atoms with E-state index in [2.05, 4.69) is 5.32 Å².